The third-order valence-electron chi connectivity index (χ3n) is 8.09. The van der Waals surface area contributed by atoms with E-state index >= 15 is 0 Å². The van der Waals surface area contributed by atoms with Gasteiger partial charge in [-0.05, 0) is 25.3 Å². The summed E-state index contributed by atoms with van der Waals surface area (Å²) in [4.78, 5) is 34.9. The molecule has 6 rings (SSSR count). The van der Waals surface area contributed by atoms with Crippen LogP contribution in [0.4, 0.5) is 5.82 Å². The number of rotatable bonds is 6. The highest BCUT2D eigenvalue weighted by molar-refractivity contribution is 8.00. The van der Waals surface area contributed by atoms with Gasteiger partial charge in [-0.1, -0.05) is 18.2 Å². The molecule has 5 heterocycles. The van der Waals surface area contributed by atoms with Crippen LogP contribution >= 0.6 is 11.8 Å². The Kier molecular flexibility index (Phi) is 6.98. The molecule has 1 amide bonds. The van der Waals surface area contributed by atoms with Crippen molar-refractivity contribution in [3.8, 4) is 11.4 Å². The first-order valence-corrected chi connectivity index (χ1v) is 14.3. The molecule has 200 valence electrons. The van der Waals surface area contributed by atoms with Crippen molar-refractivity contribution in [3.05, 3.63) is 42.4 Å². The largest absolute Gasteiger partial charge is 0.378 e. The Balaban J connectivity index is 1.25. The Morgan fingerprint density at radius 1 is 1.11 bits per heavy atom. The molecular weight excluding hydrogens is 498 g/mol. The van der Waals surface area contributed by atoms with Crippen LogP contribution in [0.3, 0.4) is 0 Å². The van der Waals surface area contributed by atoms with Gasteiger partial charge in [0.15, 0.2) is 5.82 Å². The third kappa shape index (κ3) is 4.86. The van der Waals surface area contributed by atoms with Crippen LogP contribution in [0.5, 0.6) is 0 Å². The number of hydrogen-bond acceptors (Lipinski definition) is 9. The number of hydrogen-bond donors (Lipinski definition) is 1. The molecule has 3 aromatic rings. The van der Waals surface area contributed by atoms with Gasteiger partial charge in [0.05, 0.1) is 29.3 Å². The maximum atomic E-state index is 11.9. The maximum Gasteiger partial charge on any atom is 0.237 e. The van der Waals surface area contributed by atoms with E-state index in [1.807, 2.05) is 44.1 Å². The molecule has 2 N–H and O–H groups in total. The van der Waals surface area contributed by atoms with Crippen LogP contribution in [-0.4, -0.2) is 100 Å². The summed E-state index contributed by atoms with van der Waals surface area (Å²) in [7, 11) is 0. The lowest BCUT2D eigenvalue weighted by Gasteiger charge is -2.42. The maximum absolute atomic E-state index is 11.9. The van der Waals surface area contributed by atoms with E-state index in [0.29, 0.717) is 18.5 Å². The number of morpholine rings is 1. The molecule has 0 bridgehead atoms. The standard InChI is InChI=1S/C28H35N7O2S/c1-28(2,27(29)36)35-10-8-33(9-11-35)18-20-16-23-24(38-20)26(34-12-14-37-15-13-34)32-25(31-23)21-5-3-4-19-6-7-30-17-22(19)21/h3-7,17,20H,8-16,18H2,1-2H3,(H2,29,36). The molecule has 2 saturated heterocycles. The van der Waals surface area contributed by atoms with Crippen molar-refractivity contribution in [3.63, 3.8) is 0 Å². The molecule has 2 aromatic heterocycles. The van der Waals surface area contributed by atoms with E-state index in [9.17, 15) is 4.79 Å². The van der Waals surface area contributed by atoms with Gasteiger partial charge >= 0.3 is 0 Å². The molecule has 1 aromatic carbocycles. The monoisotopic (exact) mass is 533 g/mol. The van der Waals surface area contributed by atoms with Crippen LogP contribution in [0.25, 0.3) is 22.2 Å². The van der Waals surface area contributed by atoms with Crippen molar-refractivity contribution in [1.82, 2.24) is 24.8 Å². The number of aromatic nitrogens is 3. The summed E-state index contributed by atoms with van der Waals surface area (Å²) >= 11 is 1.92. The van der Waals surface area contributed by atoms with Crippen LogP contribution in [0.1, 0.15) is 19.5 Å². The number of anilines is 1. The fourth-order valence-corrected chi connectivity index (χ4v) is 7.03. The lowest BCUT2D eigenvalue weighted by Crippen LogP contribution is -2.60. The van der Waals surface area contributed by atoms with Crippen LogP contribution < -0.4 is 10.6 Å². The Bertz CT molecular complexity index is 1330. The summed E-state index contributed by atoms with van der Waals surface area (Å²) in [6.07, 6.45) is 4.65. The number of pyridine rings is 1. The normalized spacial score (nSPS) is 21.1. The van der Waals surface area contributed by atoms with E-state index in [4.69, 9.17) is 20.4 Å². The third-order valence-corrected chi connectivity index (χ3v) is 9.39. The number of benzene rings is 1. The minimum atomic E-state index is -0.611. The van der Waals surface area contributed by atoms with Gasteiger partial charge in [0, 0.05) is 80.8 Å². The van der Waals surface area contributed by atoms with Gasteiger partial charge in [0.25, 0.3) is 0 Å². The van der Waals surface area contributed by atoms with Crippen molar-refractivity contribution in [2.24, 2.45) is 5.73 Å². The first-order chi connectivity index (χ1) is 18.4. The molecule has 9 nitrogen and oxygen atoms in total. The summed E-state index contributed by atoms with van der Waals surface area (Å²) in [5.41, 5.74) is 7.20. The highest BCUT2D eigenvalue weighted by Gasteiger charge is 2.36. The number of carbonyl (C=O) groups is 1. The number of thioether (sulfide) groups is 1. The predicted octanol–water partition coefficient (Wildman–Crippen LogP) is 2.43. The molecule has 10 heteroatoms. The number of fused-ring (bicyclic) bond motifs is 2. The van der Waals surface area contributed by atoms with E-state index in [1.54, 1.807) is 0 Å². The molecule has 1 atom stereocenters. The zero-order chi connectivity index (χ0) is 26.3. The van der Waals surface area contributed by atoms with Gasteiger partial charge in [-0.25, -0.2) is 9.97 Å². The van der Waals surface area contributed by atoms with E-state index in [0.717, 1.165) is 85.9 Å². The van der Waals surface area contributed by atoms with Gasteiger partial charge in [0.2, 0.25) is 5.91 Å². The Morgan fingerprint density at radius 3 is 2.66 bits per heavy atom. The molecule has 2 fully saturated rings. The average Bonchev–Trinajstić information content (AvgIpc) is 3.35. The Hall–Kier alpha value is -2.79. The Labute approximate surface area is 227 Å². The molecule has 1 unspecified atom stereocenters. The Morgan fingerprint density at radius 2 is 1.89 bits per heavy atom. The fourth-order valence-electron chi connectivity index (χ4n) is 5.62. The van der Waals surface area contributed by atoms with Crippen LogP contribution in [0.2, 0.25) is 0 Å². The quantitative estimate of drug-likeness (QED) is 0.512. The minimum Gasteiger partial charge on any atom is -0.378 e. The first-order valence-electron chi connectivity index (χ1n) is 13.4. The van der Waals surface area contributed by atoms with Gasteiger partial charge in [-0.15, -0.1) is 11.8 Å². The molecule has 0 spiro atoms. The number of carbonyl (C=O) groups excluding carboxylic acids is 1. The molecular formula is C28H35N7O2S. The van der Waals surface area contributed by atoms with Crippen molar-refractivity contribution in [2.45, 2.75) is 36.0 Å². The van der Waals surface area contributed by atoms with Gasteiger partial charge in [0.1, 0.15) is 5.82 Å². The van der Waals surface area contributed by atoms with Crippen molar-refractivity contribution >= 4 is 34.3 Å². The van der Waals surface area contributed by atoms with E-state index in [1.165, 1.54) is 4.90 Å². The van der Waals surface area contributed by atoms with Gasteiger partial charge in [-0.3, -0.25) is 19.6 Å². The minimum absolute atomic E-state index is 0.264. The number of piperazine rings is 1. The second-order valence-electron chi connectivity index (χ2n) is 10.8. The van der Waals surface area contributed by atoms with Gasteiger partial charge in [-0.2, -0.15) is 0 Å². The summed E-state index contributed by atoms with van der Waals surface area (Å²) in [5.74, 6) is 1.54. The fraction of sp³-hybridized carbons (Fsp3) is 0.500. The summed E-state index contributed by atoms with van der Waals surface area (Å²) < 4.78 is 5.64. The van der Waals surface area contributed by atoms with Crippen LogP contribution in [0, 0.1) is 0 Å². The molecule has 3 aliphatic heterocycles. The smallest absolute Gasteiger partial charge is 0.237 e. The molecule has 3 aliphatic rings. The lowest BCUT2D eigenvalue weighted by atomic mass is 10.0. The van der Waals surface area contributed by atoms with Crippen molar-refractivity contribution in [1.29, 1.82) is 0 Å². The zero-order valence-electron chi connectivity index (χ0n) is 22.1. The van der Waals surface area contributed by atoms with Crippen molar-refractivity contribution < 1.29 is 9.53 Å². The number of ether oxygens (including phenoxy) is 1. The SMILES string of the molecule is CC(C)(C(N)=O)N1CCN(CC2Cc3nc(-c4cccc5ccncc45)nc(N4CCOCC4)c3S2)CC1. The summed E-state index contributed by atoms with van der Waals surface area (Å²) in [6.45, 7) is 11.5. The zero-order valence-corrected chi connectivity index (χ0v) is 22.9. The van der Waals surface area contributed by atoms with E-state index < -0.39 is 5.54 Å². The lowest BCUT2D eigenvalue weighted by molar-refractivity contribution is -0.129. The van der Waals surface area contributed by atoms with Crippen LogP contribution in [-0.2, 0) is 16.0 Å². The van der Waals surface area contributed by atoms with Crippen molar-refractivity contribution in [2.75, 3.05) is 63.9 Å². The number of primary amides is 1. The molecule has 0 saturated carbocycles. The van der Waals surface area contributed by atoms with E-state index in [2.05, 4.69) is 37.9 Å². The van der Waals surface area contributed by atoms with Gasteiger partial charge < -0.3 is 15.4 Å². The molecule has 0 aliphatic carbocycles. The van der Waals surface area contributed by atoms with E-state index in [-0.39, 0.29) is 5.91 Å². The summed E-state index contributed by atoms with van der Waals surface area (Å²) in [6, 6.07) is 8.30. The highest BCUT2D eigenvalue weighted by atomic mass is 32.2. The second kappa shape index (κ2) is 10.4. The average molecular weight is 534 g/mol. The number of amides is 1. The van der Waals surface area contributed by atoms with Crippen LogP contribution in [0.15, 0.2) is 41.6 Å². The first kappa shape index (κ1) is 25.5. The molecule has 38 heavy (non-hydrogen) atoms. The topological polar surface area (TPSA) is 101 Å². The summed E-state index contributed by atoms with van der Waals surface area (Å²) in [5, 5.41) is 2.63. The number of nitrogens with two attached hydrogens (primary N) is 1. The second-order valence-corrected chi connectivity index (χ2v) is 12.1. The highest BCUT2D eigenvalue weighted by Crippen LogP contribution is 2.43. The molecule has 0 radical (unpaired) electrons. The number of nitrogens with zero attached hydrogens (tertiary/aromatic N) is 6. The predicted molar refractivity (Wildman–Crippen MR) is 150 cm³/mol.